The maximum atomic E-state index is 12.0. The van der Waals surface area contributed by atoms with Gasteiger partial charge < -0.3 is 5.11 Å². The van der Waals surface area contributed by atoms with E-state index in [-0.39, 0.29) is 11.7 Å². The van der Waals surface area contributed by atoms with E-state index >= 15 is 0 Å². The van der Waals surface area contributed by atoms with E-state index in [9.17, 15) is 9.90 Å². The lowest BCUT2D eigenvalue weighted by Crippen LogP contribution is -2.19. The molecule has 0 radical (unpaired) electrons. The van der Waals surface area contributed by atoms with Gasteiger partial charge >= 0.3 is 0 Å². The van der Waals surface area contributed by atoms with Crippen molar-refractivity contribution in [3.63, 3.8) is 0 Å². The molecule has 2 atom stereocenters. The molecule has 2 unspecified atom stereocenters. The fourth-order valence-corrected chi connectivity index (χ4v) is 2.06. The lowest BCUT2D eigenvalue weighted by atomic mass is 9.85. The molecule has 15 heavy (non-hydrogen) atoms. The van der Waals surface area contributed by atoms with E-state index in [1.807, 2.05) is 6.08 Å². The van der Waals surface area contributed by atoms with Gasteiger partial charge in [0.05, 0.1) is 6.10 Å². The number of hydrogen-bond donors (Lipinski definition) is 1. The highest BCUT2D eigenvalue weighted by atomic mass is 16.3. The maximum absolute atomic E-state index is 12.0. The number of carbonyl (C=O) groups excluding carboxylic acids is 1. The Balaban J connectivity index is 2.02. The third-order valence-corrected chi connectivity index (χ3v) is 3.00. The minimum absolute atomic E-state index is 0.154. The van der Waals surface area contributed by atoms with Crippen LogP contribution in [-0.2, 0) is 4.79 Å². The van der Waals surface area contributed by atoms with E-state index < -0.39 is 6.10 Å². The van der Waals surface area contributed by atoms with Gasteiger partial charge in [-0.05, 0) is 25.7 Å². The normalized spacial score (nSPS) is 30.1. The lowest BCUT2D eigenvalue weighted by molar-refractivity contribution is -0.119. The topological polar surface area (TPSA) is 37.3 Å². The molecule has 2 heteroatoms. The monoisotopic (exact) mass is 204 g/mol. The Morgan fingerprint density at radius 2 is 2.20 bits per heavy atom. The molecule has 0 aromatic carbocycles. The summed E-state index contributed by atoms with van der Waals surface area (Å²) in [5, 5.41) is 9.27. The summed E-state index contributed by atoms with van der Waals surface area (Å²) in [5.74, 6) is 0.392. The summed E-state index contributed by atoms with van der Waals surface area (Å²) in [4.78, 5) is 12.0. The van der Waals surface area contributed by atoms with E-state index in [1.54, 1.807) is 12.2 Å². The second kappa shape index (κ2) is 4.58. The first-order valence-electron chi connectivity index (χ1n) is 5.53. The lowest BCUT2D eigenvalue weighted by Gasteiger charge is -2.18. The number of hydrogen-bond acceptors (Lipinski definition) is 2. The molecule has 0 spiro atoms. The van der Waals surface area contributed by atoms with Crippen LogP contribution < -0.4 is 0 Å². The molecule has 0 amide bonds. The summed E-state index contributed by atoms with van der Waals surface area (Å²) in [6.45, 7) is 0. The number of aliphatic hydroxyl groups is 1. The van der Waals surface area contributed by atoms with Gasteiger partial charge in [-0.3, -0.25) is 4.79 Å². The molecule has 80 valence electrons. The van der Waals surface area contributed by atoms with Crippen LogP contribution >= 0.6 is 0 Å². The van der Waals surface area contributed by atoms with E-state index in [0.29, 0.717) is 6.42 Å². The summed E-state index contributed by atoms with van der Waals surface area (Å²) in [5.41, 5.74) is 0.778. The van der Waals surface area contributed by atoms with Crippen LogP contribution in [0.3, 0.4) is 0 Å². The highest BCUT2D eigenvalue weighted by Crippen LogP contribution is 2.24. The number of carbonyl (C=O) groups is 1. The van der Waals surface area contributed by atoms with Gasteiger partial charge in [0.25, 0.3) is 0 Å². The summed E-state index contributed by atoms with van der Waals surface area (Å²) in [7, 11) is 0. The van der Waals surface area contributed by atoms with Crippen molar-refractivity contribution in [1.82, 2.24) is 0 Å². The first-order valence-corrected chi connectivity index (χ1v) is 5.53. The maximum Gasteiger partial charge on any atom is 0.165 e. The molecule has 0 aromatic heterocycles. The van der Waals surface area contributed by atoms with Crippen molar-refractivity contribution in [2.45, 2.75) is 31.8 Å². The number of ketones is 1. The zero-order valence-corrected chi connectivity index (χ0v) is 8.73. The molecule has 0 bridgehead atoms. The van der Waals surface area contributed by atoms with Crippen molar-refractivity contribution in [1.29, 1.82) is 0 Å². The van der Waals surface area contributed by atoms with Crippen molar-refractivity contribution in [2.75, 3.05) is 0 Å². The second-order valence-corrected chi connectivity index (χ2v) is 4.17. The molecule has 0 fully saturated rings. The van der Waals surface area contributed by atoms with Gasteiger partial charge in [-0.1, -0.05) is 30.4 Å². The number of rotatable bonds is 2. The Labute approximate surface area is 90.0 Å². The molecule has 0 saturated carbocycles. The van der Waals surface area contributed by atoms with Crippen molar-refractivity contribution in [3.05, 3.63) is 36.0 Å². The zero-order valence-electron chi connectivity index (χ0n) is 8.73. The van der Waals surface area contributed by atoms with Gasteiger partial charge in [0.1, 0.15) is 0 Å². The van der Waals surface area contributed by atoms with Crippen LogP contribution in [-0.4, -0.2) is 17.0 Å². The van der Waals surface area contributed by atoms with Gasteiger partial charge in [0, 0.05) is 11.5 Å². The number of allylic oxidation sites excluding steroid dienone is 4. The molecule has 2 aliphatic carbocycles. The SMILES string of the molecule is O=C(C1=CCC(O)C=C1)C1CC=CCC1. The molecule has 0 saturated heterocycles. The molecule has 0 aliphatic heterocycles. The fraction of sp³-hybridized carbons (Fsp3) is 0.462. The standard InChI is InChI=1S/C13H16O2/c14-12-8-6-11(7-9-12)13(15)10-4-2-1-3-5-10/h1-2,6-8,10,12,14H,3-5,9H2. The van der Waals surface area contributed by atoms with Crippen molar-refractivity contribution >= 4 is 5.78 Å². The van der Waals surface area contributed by atoms with Crippen molar-refractivity contribution in [2.24, 2.45) is 5.92 Å². The van der Waals surface area contributed by atoms with Crippen LogP contribution in [0.15, 0.2) is 36.0 Å². The van der Waals surface area contributed by atoms with E-state index in [2.05, 4.69) is 12.2 Å². The fourth-order valence-electron chi connectivity index (χ4n) is 2.06. The van der Waals surface area contributed by atoms with Crippen LogP contribution in [0.5, 0.6) is 0 Å². The van der Waals surface area contributed by atoms with Crippen molar-refractivity contribution in [3.8, 4) is 0 Å². The summed E-state index contributed by atoms with van der Waals surface area (Å²) < 4.78 is 0. The third-order valence-electron chi connectivity index (χ3n) is 3.00. The third kappa shape index (κ3) is 2.45. The smallest absolute Gasteiger partial charge is 0.165 e. The second-order valence-electron chi connectivity index (χ2n) is 4.17. The first kappa shape index (κ1) is 10.4. The van der Waals surface area contributed by atoms with Gasteiger partial charge in [-0.2, -0.15) is 0 Å². The highest BCUT2D eigenvalue weighted by molar-refractivity contribution is 6.00. The molecule has 2 rings (SSSR count). The number of Topliss-reactive ketones (excluding diaryl/α,β-unsaturated/α-hetero) is 1. The van der Waals surface area contributed by atoms with Crippen LogP contribution in [0, 0.1) is 5.92 Å². The van der Waals surface area contributed by atoms with Crippen molar-refractivity contribution < 1.29 is 9.90 Å². The van der Waals surface area contributed by atoms with Crippen LogP contribution in [0.4, 0.5) is 0 Å². The van der Waals surface area contributed by atoms with Crippen LogP contribution in [0.25, 0.3) is 0 Å². The van der Waals surface area contributed by atoms with Crippen LogP contribution in [0.2, 0.25) is 0 Å². The summed E-state index contributed by atoms with van der Waals surface area (Å²) >= 11 is 0. The van der Waals surface area contributed by atoms with Gasteiger partial charge in [-0.15, -0.1) is 0 Å². The molecule has 1 N–H and O–H groups in total. The van der Waals surface area contributed by atoms with Crippen LogP contribution in [0.1, 0.15) is 25.7 Å². The van der Waals surface area contributed by atoms with E-state index in [1.165, 1.54) is 0 Å². The Bertz CT molecular complexity index is 336. The molecule has 0 aromatic rings. The van der Waals surface area contributed by atoms with E-state index in [4.69, 9.17) is 0 Å². The molecule has 2 nitrogen and oxygen atoms in total. The van der Waals surface area contributed by atoms with Gasteiger partial charge in [0.2, 0.25) is 0 Å². The van der Waals surface area contributed by atoms with Gasteiger partial charge in [0.15, 0.2) is 5.78 Å². The Morgan fingerprint density at radius 1 is 1.33 bits per heavy atom. The minimum Gasteiger partial charge on any atom is -0.389 e. The largest absolute Gasteiger partial charge is 0.389 e. The molecular formula is C13H16O2. The first-order chi connectivity index (χ1) is 7.27. The minimum atomic E-state index is -0.409. The molecular weight excluding hydrogens is 188 g/mol. The average Bonchev–Trinajstić information content (AvgIpc) is 2.30. The zero-order chi connectivity index (χ0) is 10.7. The number of aliphatic hydroxyl groups excluding tert-OH is 1. The Kier molecular flexibility index (Phi) is 3.17. The summed E-state index contributed by atoms with van der Waals surface area (Å²) in [6.07, 6.45) is 12.5. The quantitative estimate of drug-likeness (QED) is 0.700. The predicted molar refractivity (Wildman–Crippen MR) is 59.3 cm³/mol. The highest BCUT2D eigenvalue weighted by Gasteiger charge is 2.22. The Morgan fingerprint density at radius 3 is 2.80 bits per heavy atom. The average molecular weight is 204 g/mol. The summed E-state index contributed by atoms with van der Waals surface area (Å²) in [6, 6.07) is 0. The molecule has 0 heterocycles. The molecule has 2 aliphatic rings. The van der Waals surface area contributed by atoms with E-state index in [0.717, 1.165) is 24.8 Å². The van der Waals surface area contributed by atoms with Gasteiger partial charge in [-0.25, -0.2) is 0 Å². The predicted octanol–water partition coefficient (Wildman–Crippen LogP) is 2.16. The Hall–Kier alpha value is -1.15.